The third-order valence-electron chi connectivity index (χ3n) is 2.52. The molecule has 0 bridgehead atoms. The molecule has 2 rings (SSSR count). The Kier molecular flexibility index (Phi) is 3.51. The lowest BCUT2D eigenvalue weighted by Crippen LogP contribution is -2.05. The van der Waals surface area contributed by atoms with Crippen LogP contribution in [0.15, 0.2) is 24.3 Å². The third kappa shape index (κ3) is 2.35. The lowest BCUT2D eigenvalue weighted by molar-refractivity contribution is 0.175. The molecule has 0 fully saturated rings. The number of ether oxygens (including phenoxy) is 1. The summed E-state index contributed by atoms with van der Waals surface area (Å²) in [5, 5.41) is 17.2. The SMILES string of the molecule is COCc1c(CO)nnn1-c1cccc(C)c1. The van der Waals surface area contributed by atoms with E-state index in [0.717, 1.165) is 16.9 Å². The number of benzene rings is 1. The first-order valence-corrected chi connectivity index (χ1v) is 5.36. The fourth-order valence-corrected chi connectivity index (χ4v) is 1.70. The Balaban J connectivity index is 2.47. The maximum atomic E-state index is 9.19. The Morgan fingerprint density at radius 3 is 2.88 bits per heavy atom. The quantitative estimate of drug-likeness (QED) is 0.862. The van der Waals surface area contributed by atoms with Crippen LogP contribution in [0.1, 0.15) is 17.0 Å². The van der Waals surface area contributed by atoms with E-state index < -0.39 is 0 Å². The number of nitrogens with zero attached hydrogens (tertiary/aromatic N) is 3. The van der Waals surface area contributed by atoms with Crippen LogP contribution < -0.4 is 0 Å². The molecule has 0 radical (unpaired) electrons. The van der Waals surface area contributed by atoms with Gasteiger partial charge in [-0.15, -0.1) is 5.10 Å². The predicted molar refractivity (Wildman–Crippen MR) is 62.7 cm³/mol. The number of hydrogen-bond donors (Lipinski definition) is 1. The first-order chi connectivity index (χ1) is 8.26. The highest BCUT2D eigenvalue weighted by Gasteiger charge is 2.13. The number of aliphatic hydroxyl groups excluding tert-OH is 1. The van der Waals surface area contributed by atoms with Gasteiger partial charge in [0.2, 0.25) is 0 Å². The Morgan fingerprint density at radius 1 is 1.41 bits per heavy atom. The summed E-state index contributed by atoms with van der Waals surface area (Å²) in [6.45, 7) is 2.25. The molecule has 2 aromatic rings. The van der Waals surface area contributed by atoms with Crippen LogP contribution in [0.5, 0.6) is 0 Å². The van der Waals surface area contributed by atoms with Gasteiger partial charge in [0.25, 0.3) is 0 Å². The van der Waals surface area contributed by atoms with Crippen molar-refractivity contribution in [1.29, 1.82) is 0 Å². The van der Waals surface area contributed by atoms with Crippen LogP contribution in [-0.4, -0.2) is 27.2 Å². The number of methoxy groups -OCH3 is 1. The van der Waals surface area contributed by atoms with Gasteiger partial charge in [-0.05, 0) is 24.6 Å². The van der Waals surface area contributed by atoms with Crippen LogP contribution in [0.4, 0.5) is 0 Å². The molecular formula is C12H15N3O2. The minimum absolute atomic E-state index is 0.134. The van der Waals surface area contributed by atoms with Crippen molar-refractivity contribution in [1.82, 2.24) is 15.0 Å². The van der Waals surface area contributed by atoms with Gasteiger partial charge in [-0.3, -0.25) is 0 Å². The number of aromatic nitrogens is 3. The molecular weight excluding hydrogens is 218 g/mol. The molecule has 5 heteroatoms. The molecule has 0 aliphatic carbocycles. The second-order valence-electron chi connectivity index (χ2n) is 3.82. The van der Waals surface area contributed by atoms with Gasteiger partial charge in [0.05, 0.1) is 24.6 Å². The number of rotatable bonds is 4. The average Bonchev–Trinajstić information content (AvgIpc) is 2.72. The smallest absolute Gasteiger partial charge is 0.114 e. The van der Waals surface area contributed by atoms with E-state index >= 15 is 0 Å². The van der Waals surface area contributed by atoms with Crippen molar-refractivity contribution in [2.45, 2.75) is 20.1 Å². The summed E-state index contributed by atoms with van der Waals surface area (Å²) in [6, 6.07) is 7.93. The van der Waals surface area contributed by atoms with Crippen LogP contribution in [0.2, 0.25) is 0 Å². The first kappa shape index (κ1) is 11.8. The van der Waals surface area contributed by atoms with Gasteiger partial charge in [-0.25, -0.2) is 4.68 Å². The molecule has 0 atom stereocenters. The summed E-state index contributed by atoms with van der Waals surface area (Å²) in [6.07, 6.45) is 0. The molecule has 0 saturated carbocycles. The highest BCUT2D eigenvalue weighted by Crippen LogP contribution is 2.15. The Labute approximate surface area is 99.7 Å². The maximum absolute atomic E-state index is 9.19. The van der Waals surface area contributed by atoms with E-state index in [1.807, 2.05) is 31.2 Å². The largest absolute Gasteiger partial charge is 0.390 e. The van der Waals surface area contributed by atoms with Gasteiger partial charge >= 0.3 is 0 Å². The van der Waals surface area contributed by atoms with Gasteiger partial charge in [0.1, 0.15) is 5.69 Å². The Morgan fingerprint density at radius 2 is 2.24 bits per heavy atom. The van der Waals surface area contributed by atoms with Crippen molar-refractivity contribution in [3.63, 3.8) is 0 Å². The van der Waals surface area contributed by atoms with Crippen molar-refractivity contribution in [2.24, 2.45) is 0 Å². The van der Waals surface area contributed by atoms with Crippen molar-refractivity contribution in [3.05, 3.63) is 41.2 Å². The molecule has 0 aliphatic heterocycles. The van der Waals surface area contributed by atoms with E-state index in [1.165, 1.54) is 0 Å². The summed E-state index contributed by atoms with van der Waals surface area (Å²) in [4.78, 5) is 0. The van der Waals surface area contributed by atoms with E-state index in [2.05, 4.69) is 10.3 Å². The number of aliphatic hydroxyl groups is 1. The molecule has 0 spiro atoms. The van der Waals surface area contributed by atoms with E-state index in [0.29, 0.717) is 12.3 Å². The standard InChI is InChI=1S/C12H15N3O2/c1-9-4-3-5-10(6-9)15-12(8-17-2)11(7-16)13-14-15/h3-6,16H,7-8H2,1-2H3. The lowest BCUT2D eigenvalue weighted by Gasteiger charge is -2.07. The monoisotopic (exact) mass is 233 g/mol. The first-order valence-electron chi connectivity index (χ1n) is 5.36. The molecule has 0 saturated heterocycles. The summed E-state index contributed by atoms with van der Waals surface area (Å²) in [7, 11) is 1.61. The molecule has 0 amide bonds. The lowest BCUT2D eigenvalue weighted by atomic mass is 10.2. The zero-order chi connectivity index (χ0) is 12.3. The van der Waals surface area contributed by atoms with Gasteiger partial charge in [0.15, 0.2) is 0 Å². The van der Waals surface area contributed by atoms with E-state index in [1.54, 1.807) is 11.8 Å². The second-order valence-corrected chi connectivity index (χ2v) is 3.82. The van der Waals surface area contributed by atoms with Crippen LogP contribution in [0, 0.1) is 6.92 Å². The molecule has 0 aliphatic rings. The fourth-order valence-electron chi connectivity index (χ4n) is 1.70. The molecule has 5 nitrogen and oxygen atoms in total. The minimum atomic E-state index is -0.134. The van der Waals surface area contributed by atoms with Gasteiger partial charge in [-0.1, -0.05) is 17.3 Å². The van der Waals surface area contributed by atoms with Gasteiger partial charge < -0.3 is 9.84 Å². The van der Waals surface area contributed by atoms with E-state index in [9.17, 15) is 5.11 Å². The summed E-state index contributed by atoms with van der Waals surface area (Å²) in [5.74, 6) is 0. The van der Waals surface area contributed by atoms with Gasteiger partial charge in [-0.2, -0.15) is 0 Å². The summed E-state index contributed by atoms with van der Waals surface area (Å²) in [5.41, 5.74) is 3.39. The molecule has 1 aromatic carbocycles. The highest BCUT2D eigenvalue weighted by molar-refractivity contribution is 5.36. The maximum Gasteiger partial charge on any atom is 0.114 e. The summed E-state index contributed by atoms with van der Waals surface area (Å²) >= 11 is 0. The second kappa shape index (κ2) is 5.07. The number of aryl methyl sites for hydroxylation is 1. The number of hydrogen-bond acceptors (Lipinski definition) is 4. The molecule has 1 aromatic heterocycles. The predicted octanol–water partition coefficient (Wildman–Crippen LogP) is 1.21. The highest BCUT2D eigenvalue weighted by atomic mass is 16.5. The van der Waals surface area contributed by atoms with E-state index in [-0.39, 0.29) is 6.61 Å². The zero-order valence-corrected chi connectivity index (χ0v) is 9.92. The Bertz CT molecular complexity index is 508. The van der Waals surface area contributed by atoms with Gasteiger partial charge in [0, 0.05) is 7.11 Å². The topological polar surface area (TPSA) is 60.2 Å². The van der Waals surface area contributed by atoms with Crippen molar-refractivity contribution >= 4 is 0 Å². The van der Waals surface area contributed by atoms with Crippen molar-refractivity contribution in [2.75, 3.05) is 7.11 Å². The molecule has 90 valence electrons. The molecule has 1 heterocycles. The summed E-state index contributed by atoms with van der Waals surface area (Å²) < 4.78 is 6.81. The van der Waals surface area contributed by atoms with Crippen LogP contribution in [-0.2, 0) is 18.0 Å². The molecule has 1 N–H and O–H groups in total. The van der Waals surface area contributed by atoms with Crippen LogP contribution in [0.25, 0.3) is 5.69 Å². The third-order valence-corrected chi connectivity index (χ3v) is 2.52. The van der Waals surface area contributed by atoms with Crippen molar-refractivity contribution in [3.8, 4) is 5.69 Å². The Hall–Kier alpha value is -1.72. The van der Waals surface area contributed by atoms with Crippen LogP contribution in [0.3, 0.4) is 0 Å². The molecule has 0 unspecified atom stereocenters. The van der Waals surface area contributed by atoms with E-state index in [4.69, 9.17) is 4.74 Å². The minimum Gasteiger partial charge on any atom is -0.390 e. The van der Waals surface area contributed by atoms with Crippen molar-refractivity contribution < 1.29 is 9.84 Å². The zero-order valence-electron chi connectivity index (χ0n) is 9.92. The average molecular weight is 233 g/mol. The fraction of sp³-hybridized carbons (Fsp3) is 0.333. The normalized spacial score (nSPS) is 10.8. The van der Waals surface area contributed by atoms with Crippen LogP contribution >= 0.6 is 0 Å². The molecule has 17 heavy (non-hydrogen) atoms.